The average molecular weight is 700 g/mol. The number of ether oxygens (including phenoxy) is 2. The number of aromatic nitrogens is 5. The Morgan fingerprint density at radius 3 is 2.43 bits per heavy atom. The first-order chi connectivity index (χ1) is 24.6. The fourth-order valence-electron chi connectivity index (χ4n) is 6.51. The first-order valence-electron chi connectivity index (χ1n) is 16.4. The molecular formula is C37H36F3N7O4. The minimum absolute atomic E-state index is 0.0178. The average Bonchev–Trinajstić information content (AvgIpc) is 3.15. The Hall–Kier alpha value is -5.50. The van der Waals surface area contributed by atoms with E-state index in [2.05, 4.69) is 35.1 Å². The fourth-order valence-corrected chi connectivity index (χ4v) is 6.51. The summed E-state index contributed by atoms with van der Waals surface area (Å²) in [5.41, 5.74) is 3.49. The molecule has 6 rings (SSSR count). The normalized spacial score (nSPS) is 16.0. The van der Waals surface area contributed by atoms with E-state index in [0.717, 1.165) is 25.7 Å². The molecule has 51 heavy (non-hydrogen) atoms. The van der Waals surface area contributed by atoms with Crippen LogP contribution in [-0.4, -0.2) is 69.4 Å². The molecule has 264 valence electrons. The molecule has 1 N–H and O–H groups in total. The van der Waals surface area contributed by atoms with E-state index in [1.807, 2.05) is 7.05 Å². The molecule has 1 fully saturated rings. The fraction of sp³-hybridized carbons (Fsp3) is 0.324. The lowest BCUT2D eigenvalue weighted by Crippen LogP contribution is -2.36. The van der Waals surface area contributed by atoms with Gasteiger partial charge in [-0.3, -0.25) is 19.5 Å². The maximum Gasteiger partial charge on any atom is 0.308 e. The van der Waals surface area contributed by atoms with Crippen LogP contribution < -0.4 is 10.1 Å². The van der Waals surface area contributed by atoms with Crippen molar-refractivity contribution in [2.75, 3.05) is 26.6 Å². The van der Waals surface area contributed by atoms with Gasteiger partial charge in [-0.2, -0.15) is 0 Å². The molecule has 0 bridgehead atoms. The molecule has 14 heteroatoms. The number of carbonyl (C=O) groups excluding carboxylic acids is 2. The van der Waals surface area contributed by atoms with E-state index in [1.54, 1.807) is 43.3 Å². The molecule has 0 unspecified atom stereocenters. The Morgan fingerprint density at radius 2 is 1.73 bits per heavy atom. The van der Waals surface area contributed by atoms with E-state index in [9.17, 15) is 18.4 Å². The number of benzene rings is 2. The van der Waals surface area contributed by atoms with Gasteiger partial charge in [-0.25, -0.2) is 33.1 Å². The monoisotopic (exact) mass is 699 g/mol. The van der Waals surface area contributed by atoms with Gasteiger partial charge in [-0.1, -0.05) is 24.3 Å². The number of hydrogen-bond acceptors (Lipinski definition) is 11. The third-order valence-corrected chi connectivity index (χ3v) is 9.32. The summed E-state index contributed by atoms with van der Waals surface area (Å²) < 4.78 is 54.3. The van der Waals surface area contributed by atoms with E-state index < -0.39 is 18.1 Å². The molecule has 1 saturated carbocycles. The van der Waals surface area contributed by atoms with Crippen molar-refractivity contribution in [3.63, 3.8) is 0 Å². The van der Waals surface area contributed by atoms with Crippen molar-refractivity contribution in [2.45, 2.75) is 51.6 Å². The SMILES string of the molecule is COC(=O)C1CCC(N(C)Cc2ncc(-c3cccc(-c4cccc(Nc5nc(C(F)F)nc6cc(C=O)cnc56)c4C)c3F)nc2OC)CC1. The van der Waals surface area contributed by atoms with Crippen molar-refractivity contribution in [2.24, 2.45) is 5.92 Å². The Morgan fingerprint density at radius 1 is 1.00 bits per heavy atom. The van der Waals surface area contributed by atoms with Gasteiger partial charge >= 0.3 is 5.97 Å². The summed E-state index contributed by atoms with van der Waals surface area (Å²) in [5, 5.41) is 3.07. The lowest BCUT2D eigenvalue weighted by molar-refractivity contribution is -0.146. The number of anilines is 2. The molecule has 5 aromatic rings. The number of pyridine rings is 1. The van der Waals surface area contributed by atoms with Crippen LogP contribution in [0.5, 0.6) is 5.88 Å². The number of rotatable bonds is 11. The van der Waals surface area contributed by atoms with Gasteiger partial charge in [0.25, 0.3) is 6.43 Å². The van der Waals surface area contributed by atoms with E-state index in [-0.39, 0.29) is 63.0 Å². The van der Waals surface area contributed by atoms with Crippen LogP contribution in [0.15, 0.2) is 54.9 Å². The largest absolute Gasteiger partial charge is 0.480 e. The van der Waals surface area contributed by atoms with Crippen molar-refractivity contribution < 1.29 is 32.2 Å². The van der Waals surface area contributed by atoms with Crippen molar-refractivity contribution >= 4 is 34.8 Å². The number of nitrogens with one attached hydrogen (secondary N) is 1. The van der Waals surface area contributed by atoms with Crippen LogP contribution in [0.1, 0.15) is 59.5 Å². The molecule has 3 heterocycles. The zero-order valence-corrected chi connectivity index (χ0v) is 28.5. The maximum absolute atomic E-state index is 16.4. The molecule has 2 aromatic carbocycles. The lowest BCUT2D eigenvalue weighted by Gasteiger charge is -2.33. The van der Waals surface area contributed by atoms with Gasteiger partial charge in [-0.05, 0) is 69.0 Å². The molecule has 3 aromatic heterocycles. The molecule has 1 aliphatic rings. The number of carbonyl (C=O) groups is 2. The Labute approximate surface area is 292 Å². The van der Waals surface area contributed by atoms with Crippen molar-refractivity contribution in [1.82, 2.24) is 29.8 Å². The predicted molar refractivity (Wildman–Crippen MR) is 184 cm³/mol. The van der Waals surface area contributed by atoms with Crippen LogP contribution >= 0.6 is 0 Å². The van der Waals surface area contributed by atoms with Crippen LogP contribution in [0.3, 0.4) is 0 Å². The minimum Gasteiger partial charge on any atom is -0.480 e. The molecular weight excluding hydrogens is 663 g/mol. The third-order valence-electron chi connectivity index (χ3n) is 9.32. The van der Waals surface area contributed by atoms with Gasteiger partial charge in [0.15, 0.2) is 17.9 Å². The van der Waals surface area contributed by atoms with E-state index in [1.165, 1.54) is 32.7 Å². The molecule has 1 aliphatic carbocycles. The summed E-state index contributed by atoms with van der Waals surface area (Å²) >= 11 is 0. The highest BCUT2D eigenvalue weighted by molar-refractivity contribution is 5.91. The number of fused-ring (bicyclic) bond motifs is 1. The van der Waals surface area contributed by atoms with Crippen LogP contribution in [0.2, 0.25) is 0 Å². The van der Waals surface area contributed by atoms with E-state index in [4.69, 9.17) is 9.47 Å². The molecule has 0 atom stereocenters. The third kappa shape index (κ3) is 7.36. The number of methoxy groups -OCH3 is 2. The van der Waals surface area contributed by atoms with Crippen LogP contribution in [0.4, 0.5) is 24.7 Å². The number of halogens is 3. The summed E-state index contributed by atoms with van der Waals surface area (Å²) in [5.74, 6) is -1.19. The first kappa shape index (κ1) is 35.3. The van der Waals surface area contributed by atoms with Gasteiger partial charge in [0.05, 0.1) is 37.5 Å². The highest BCUT2D eigenvalue weighted by atomic mass is 19.3. The summed E-state index contributed by atoms with van der Waals surface area (Å²) in [7, 11) is 4.91. The van der Waals surface area contributed by atoms with Gasteiger partial charge in [-0.15, -0.1) is 0 Å². The Bertz CT molecular complexity index is 2090. The number of hydrogen-bond donors (Lipinski definition) is 1. The second-order valence-electron chi connectivity index (χ2n) is 12.4. The number of nitrogens with zero attached hydrogens (tertiary/aromatic N) is 6. The van der Waals surface area contributed by atoms with Gasteiger partial charge in [0, 0.05) is 41.2 Å². The van der Waals surface area contributed by atoms with Crippen molar-refractivity contribution in [1.29, 1.82) is 0 Å². The second-order valence-corrected chi connectivity index (χ2v) is 12.4. The van der Waals surface area contributed by atoms with Gasteiger partial charge in [0.2, 0.25) is 5.88 Å². The lowest BCUT2D eigenvalue weighted by atomic mass is 9.85. The zero-order valence-electron chi connectivity index (χ0n) is 28.5. The predicted octanol–water partition coefficient (Wildman–Crippen LogP) is 7.26. The topological polar surface area (TPSA) is 132 Å². The molecule has 0 aliphatic heterocycles. The molecule has 0 amide bonds. The standard InChI is InChI=1S/C37H36F3N7O4/c1-20-24(7-6-10-27(20)43-34-32-28(15-21(19-48)16-42-32)44-35(46-34)33(39)40)25-8-5-9-26(31(25)38)29-17-41-30(36(45-29)50-3)18-47(2)23-13-11-22(12-14-23)37(49)51-4/h5-10,15-17,19,22-23,33H,11-14,18H2,1-4H3,(H,43,44,46). The van der Waals surface area contributed by atoms with Crippen molar-refractivity contribution in [3.8, 4) is 28.3 Å². The molecule has 0 radical (unpaired) electrons. The smallest absolute Gasteiger partial charge is 0.308 e. The first-order valence-corrected chi connectivity index (χ1v) is 16.4. The summed E-state index contributed by atoms with van der Waals surface area (Å²) in [6.45, 7) is 2.23. The van der Waals surface area contributed by atoms with Gasteiger partial charge in [0.1, 0.15) is 17.0 Å². The molecule has 11 nitrogen and oxygen atoms in total. The second kappa shape index (κ2) is 15.2. The van der Waals surface area contributed by atoms with Crippen LogP contribution in [0, 0.1) is 18.7 Å². The van der Waals surface area contributed by atoms with Crippen LogP contribution in [-0.2, 0) is 16.1 Å². The van der Waals surface area contributed by atoms with E-state index >= 15 is 4.39 Å². The Balaban J connectivity index is 1.26. The molecule has 0 saturated heterocycles. The summed E-state index contributed by atoms with van der Waals surface area (Å²) in [4.78, 5) is 46.7. The summed E-state index contributed by atoms with van der Waals surface area (Å²) in [6.07, 6.45) is 3.64. The van der Waals surface area contributed by atoms with Crippen molar-refractivity contribution in [3.05, 3.63) is 83.3 Å². The van der Waals surface area contributed by atoms with Crippen LogP contribution in [0.25, 0.3) is 33.4 Å². The highest BCUT2D eigenvalue weighted by Gasteiger charge is 2.29. The number of aldehydes is 1. The van der Waals surface area contributed by atoms with Gasteiger partial charge < -0.3 is 14.8 Å². The maximum atomic E-state index is 16.4. The quantitative estimate of drug-likeness (QED) is 0.110. The number of esters is 1. The highest BCUT2D eigenvalue weighted by Crippen LogP contribution is 2.37. The van der Waals surface area contributed by atoms with E-state index in [0.29, 0.717) is 35.3 Å². The molecule has 0 spiro atoms. The zero-order chi connectivity index (χ0) is 36.2. The Kier molecular flexibility index (Phi) is 10.5. The summed E-state index contributed by atoms with van der Waals surface area (Å²) in [6, 6.07) is 11.8. The number of alkyl halides is 2. The minimum atomic E-state index is -2.96.